The summed E-state index contributed by atoms with van der Waals surface area (Å²) < 4.78 is 25.0. The van der Waals surface area contributed by atoms with Crippen LogP contribution < -0.4 is 0 Å². The minimum Gasteiger partial charge on any atom is -0.284 e. The summed E-state index contributed by atoms with van der Waals surface area (Å²) in [4.78, 5) is 2.31. The highest BCUT2D eigenvalue weighted by molar-refractivity contribution is 7.93. The molecule has 1 aliphatic heterocycles. The summed E-state index contributed by atoms with van der Waals surface area (Å²) in [6.45, 7) is 1.34. The van der Waals surface area contributed by atoms with Gasteiger partial charge in [0.25, 0.3) is 0 Å². The van der Waals surface area contributed by atoms with E-state index >= 15 is 0 Å². The van der Waals surface area contributed by atoms with Crippen LogP contribution in [0.15, 0.2) is 102 Å². The number of sulfone groups is 1. The van der Waals surface area contributed by atoms with Crippen molar-refractivity contribution < 1.29 is 8.42 Å². The molecule has 0 bridgehead atoms. The van der Waals surface area contributed by atoms with E-state index in [1.54, 1.807) is 0 Å². The van der Waals surface area contributed by atoms with Crippen molar-refractivity contribution in [2.24, 2.45) is 0 Å². The van der Waals surface area contributed by atoms with Gasteiger partial charge in [-0.3, -0.25) is 4.90 Å². The zero-order valence-electron chi connectivity index (χ0n) is 15.6. The lowest BCUT2D eigenvalue weighted by Gasteiger charge is -2.41. The maximum Gasteiger partial charge on any atom is 0.175 e. The maximum atomic E-state index is 12.5. The highest BCUT2D eigenvalue weighted by Gasteiger charge is 2.31. The van der Waals surface area contributed by atoms with Gasteiger partial charge in [0, 0.05) is 18.5 Å². The number of nitrogens with zero attached hydrogens (tertiary/aromatic N) is 1. The summed E-state index contributed by atoms with van der Waals surface area (Å²) in [5, 5.41) is 1.48. The third-order valence-corrected chi connectivity index (χ3v) is 6.39. The highest BCUT2D eigenvalue weighted by Crippen LogP contribution is 2.34. The molecule has 1 heterocycles. The molecule has 0 amide bonds. The molecule has 1 fully saturated rings. The molecule has 1 saturated heterocycles. The summed E-state index contributed by atoms with van der Waals surface area (Å²) in [6.07, 6.45) is 0. The Hall–Kier alpha value is -2.69. The fourth-order valence-corrected chi connectivity index (χ4v) is 5.12. The fraction of sp³-hybridized carbons (Fsp3) is 0.167. The van der Waals surface area contributed by atoms with Gasteiger partial charge >= 0.3 is 0 Å². The first-order valence-corrected chi connectivity index (χ1v) is 11.1. The van der Waals surface area contributed by atoms with Crippen LogP contribution in [0.3, 0.4) is 0 Å². The van der Waals surface area contributed by atoms with E-state index in [-0.39, 0.29) is 11.8 Å². The van der Waals surface area contributed by atoms with Gasteiger partial charge in [0.15, 0.2) is 9.84 Å². The molecule has 0 radical (unpaired) electrons. The molecule has 3 aromatic carbocycles. The van der Waals surface area contributed by atoms with Gasteiger partial charge in [0.1, 0.15) is 0 Å². The van der Waals surface area contributed by atoms with Gasteiger partial charge in [-0.05, 0) is 22.3 Å². The molecule has 0 atom stereocenters. The van der Waals surface area contributed by atoms with Gasteiger partial charge in [-0.1, -0.05) is 91.0 Å². The Labute approximate surface area is 166 Å². The van der Waals surface area contributed by atoms with Gasteiger partial charge in [0.2, 0.25) is 0 Å². The summed E-state index contributed by atoms with van der Waals surface area (Å²) >= 11 is 0. The largest absolute Gasteiger partial charge is 0.284 e. The first-order valence-electron chi connectivity index (χ1n) is 9.41. The van der Waals surface area contributed by atoms with Crippen LogP contribution in [-0.2, 0) is 15.6 Å². The van der Waals surface area contributed by atoms with Crippen molar-refractivity contribution in [3.05, 3.63) is 119 Å². The third-order valence-electron chi connectivity index (χ3n) is 4.97. The first-order chi connectivity index (χ1) is 13.6. The Kier molecular flexibility index (Phi) is 5.42. The Morgan fingerprint density at radius 3 is 1.71 bits per heavy atom. The van der Waals surface area contributed by atoms with Crippen LogP contribution in [0.4, 0.5) is 0 Å². The Morgan fingerprint density at radius 2 is 1.21 bits per heavy atom. The van der Waals surface area contributed by atoms with Gasteiger partial charge in [-0.25, -0.2) is 8.42 Å². The molecule has 0 saturated carbocycles. The van der Waals surface area contributed by atoms with Crippen LogP contribution >= 0.6 is 0 Å². The molecule has 4 rings (SSSR count). The van der Waals surface area contributed by atoms with Crippen LogP contribution in [0.1, 0.15) is 22.7 Å². The molecule has 0 aromatic heterocycles. The van der Waals surface area contributed by atoms with Gasteiger partial charge in [-0.15, -0.1) is 0 Å². The highest BCUT2D eigenvalue weighted by atomic mass is 32.2. The van der Waals surface area contributed by atoms with E-state index in [1.165, 1.54) is 16.5 Å². The molecule has 3 aromatic rings. The lowest BCUT2D eigenvalue weighted by Crippen LogP contribution is -2.43. The van der Waals surface area contributed by atoms with Gasteiger partial charge < -0.3 is 0 Å². The fourth-order valence-electron chi connectivity index (χ4n) is 3.72. The van der Waals surface area contributed by atoms with E-state index in [0.29, 0.717) is 13.1 Å². The van der Waals surface area contributed by atoms with E-state index in [0.717, 1.165) is 11.1 Å². The number of likely N-dealkylation sites (tertiary alicyclic amines) is 1. The molecule has 0 N–H and O–H groups in total. The van der Waals surface area contributed by atoms with Crippen molar-refractivity contribution in [1.29, 1.82) is 0 Å². The van der Waals surface area contributed by atoms with E-state index in [1.807, 2.05) is 66.7 Å². The molecule has 1 aliphatic rings. The lowest BCUT2D eigenvalue weighted by atomic mass is 9.93. The van der Waals surface area contributed by atoms with Crippen molar-refractivity contribution >= 4 is 9.84 Å². The third kappa shape index (κ3) is 4.41. The second-order valence-corrected chi connectivity index (χ2v) is 9.05. The van der Waals surface area contributed by atoms with Crippen molar-refractivity contribution in [2.75, 3.05) is 13.1 Å². The summed E-state index contributed by atoms with van der Waals surface area (Å²) in [5.41, 5.74) is 4.23. The molecule has 0 spiro atoms. The molecular weight excluding hydrogens is 366 g/mol. The predicted octanol–water partition coefficient (Wildman–Crippen LogP) is 4.59. The summed E-state index contributed by atoms with van der Waals surface area (Å²) in [6, 6.07) is 30.2. The zero-order chi connectivity index (χ0) is 19.4. The SMILES string of the molecule is O=S(=O)(C=C1CN(C(c2ccccc2)c2ccccc2)C1)Cc1ccccc1. The van der Waals surface area contributed by atoms with Crippen molar-refractivity contribution in [3.63, 3.8) is 0 Å². The average molecular weight is 390 g/mol. The first kappa shape index (κ1) is 18.7. The average Bonchev–Trinajstić information content (AvgIpc) is 2.68. The number of hydrogen-bond donors (Lipinski definition) is 0. The summed E-state index contributed by atoms with van der Waals surface area (Å²) in [7, 11) is -3.26. The molecule has 142 valence electrons. The molecule has 0 unspecified atom stereocenters. The monoisotopic (exact) mass is 389 g/mol. The van der Waals surface area contributed by atoms with Crippen LogP contribution in [0.2, 0.25) is 0 Å². The second kappa shape index (κ2) is 8.13. The number of hydrogen-bond acceptors (Lipinski definition) is 3. The summed E-state index contributed by atoms with van der Waals surface area (Å²) in [5.74, 6) is 0.0537. The van der Waals surface area contributed by atoms with Crippen LogP contribution in [-0.4, -0.2) is 26.4 Å². The predicted molar refractivity (Wildman–Crippen MR) is 113 cm³/mol. The lowest BCUT2D eigenvalue weighted by molar-refractivity contribution is 0.202. The van der Waals surface area contributed by atoms with E-state index in [9.17, 15) is 8.42 Å². The smallest absolute Gasteiger partial charge is 0.175 e. The quantitative estimate of drug-likeness (QED) is 0.619. The molecule has 3 nitrogen and oxygen atoms in total. The van der Waals surface area contributed by atoms with Crippen LogP contribution in [0.5, 0.6) is 0 Å². The van der Waals surface area contributed by atoms with E-state index in [4.69, 9.17) is 0 Å². The Morgan fingerprint density at radius 1 is 0.750 bits per heavy atom. The van der Waals surface area contributed by atoms with Crippen LogP contribution in [0, 0.1) is 0 Å². The standard InChI is InChI=1S/C24H23NO2S/c26-28(27,18-20-10-4-1-5-11-20)19-21-16-25(17-21)24(22-12-6-2-7-13-22)23-14-8-3-9-15-23/h1-15,19,24H,16-18H2. The molecule has 0 aliphatic carbocycles. The molecular formula is C24H23NO2S. The van der Waals surface area contributed by atoms with Gasteiger partial charge in [0.05, 0.1) is 11.8 Å². The van der Waals surface area contributed by atoms with Gasteiger partial charge in [-0.2, -0.15) is 0 Å². The number of benzene rings is 3. The van der Waals surface area contributed by atoms with Crippen LogP contribution in [0.25, 0.3) is 0 Å². The minimum absolute atomic E-state index is 0.0537. The Bertz CT molecular complexity index is 998. The van der Waals surface area contributed by atoms with E-state index < -0.39 is 9.84 Å². The van der Waals surface area contributed by atoms with E-state index in [2.05, 4.69) is 29.2 Å². The van der Waals surface area contributed by atoms with Crippen molar-refractivity contribution in [3.8, 4) is 0 Å². The molecule has 28 heavy (non-hydrogen) atoms. The number of rotatable bonds is 6. The maximum absolute atomic E-state index is 12.5. The Balaban J connectivity index is 1.51. The second-order valence-electron chi connectivity index (χ2n) is 7.20. The minimum atomic E-state index is -3.26. The zero-order valence-corrected chi connectivity index (χ0v) is 16.4. The van der Waals surface area contributed by atoms with Crippen molar-refractivity contribution in [1.82, 2.24) is 4.90 Å². The topological polar surface area (TPSA) is 37.4 Å². The molecule has 4 heteroatoms. The van der Waals surface area contributed by atoms with Crippen molar-refractivity contribution in [2.45, 2.75) is 11.8 Å². The normalized spacial score (nSPS) is 14.7.